The SMILES string of the molecule is CS(=N)(=O)c1ccc(-c2ncc(NCCCc3ccccc3)c(=O)n2CC(=O)NCc2cc3cnccc3[nH]2)cc1. The molecule has 0 saturated heterocycles. The third-order valence-corrected chi connectivity index (χ3v) is 7.84. The van der Waals surface area contributed by atoms with Gasteiger partial charge in [-0.15, -0.1) is 0 Å². The Morgan fingerprint density at radius 2 is 1.85 bits per heavy atom. The molecule has 5 aromatic rings. The van der Waals surface area contributed by atoms with E-state index in [1.54, 1.807) is 36.7 Å². The molecule has 1 atom stereocenters. The van der Waals surface area contributed by atoms with Crippen molar-refractivity contribution in [3.8, 4) is 11.4 Å². The Bertz CT molecular complexity index is 1800. The summed E-state index contributed by atoms with van der Waals surface area (Å²) in [5.41, 5.74) is 3.46. The Morgan fingerprint density at radius 1 is 1.07 bits per heavy atom. The number of rotatable bonds is 11. The number of fused-ring (bicyclic) bond motifs is 1. The Labute approximate surface area is 237 Å². The maximum Gasteiger partial charge on any atom is 0.277 e. The smallest absolute Gasteiger partial charge is 0.277 e. The molecular formula is C30H31N7O3S. The van der Waals surface area contributed by atoms with E-state index in [0.717, 1.165) is 29.4 Å². The number of carbonyl (C=O) groups is 1. The summed E-state index contributed by atoms with van der Waals surface area (Å²) in [6, 6.07) is 20.4. The molecule has 0 saturated carbocycles. The number of aryl methyl sites for hydroxylation is 1. The number of benzene rings is 2. The second-order valence-corrected chi connectivity index (χ2v) is 12.0. The van der Waals surface area contributed by atoms with Gasteiger partial charge in [-0.25, -0.2) is 14.0 Å². The molecule has 3 heterocycles. The van der Waals surface area contributed by atoms with E-state index in [2.05, 4.69) is 37.7 Å². The van der Waals surface area contributed by atoms with E-state index in [0.29, 0.717) is 28.5 Å². The molecule has 2 aromatic carbocycles. The first-order chi connectivity index (χ1) is 19.8. The average molecular weight is 570 g/mol. The Balaban J connectivity index is 1.35. The van der Waals surface area contributed by atoms with E-state index < -0.39 is 9.73 Å². The molecule has 4 N–H and O–H groups in total. The molecule has 210 valence electrons. The van der Waals surface area contributed by atoms with Crippen molar-refractivity contribution in [2.24, 2.45) is 0 Å². The van der Waals surface area contributed by atoms with Gasteiger partial charge in [0, 0.05) is 52.3 Å². The monoisotopic (exact) mass is 569 g/mol. The van der Waals surface area contributed by atoms with Gasteiger partial charge in [-0.1, -0.05) is 42.5 Å². The quantitative estimate of drug-likeness (QED) is 0.176. The third kappa shape index (κ3) is 6.87. The van der Waals surface area contributed by atoms with Crippen LogP contribution in [0.1, 0.15) is 17.7 Å². The Kier molecular flexibility index (Phi) is 8.25. The van der Waals surface area contributed by atoms with E-state index in [4.69, 9.17) is 4.78 Å². The Morgan fingerprint density at radius 3 is 2.59 bits per heavy atom. The zero-order chi connectivity index (χ0) is 28.8. The fourth-order valence-corrected chi connectivity index (χ4v) is 5.19. The second-order valence-electron chi connectivity index (χ2n) is 9.80. The van der Waals surface area contributed by atoms with Gasteiger partial charge >= 0.3 is 0 Å². The van der Waals surface area contributed by atoms with Gasteiger partial charge in [-0.2, -0.15) is 0 Å². The lowest BCUT2D eigenvalue weighted by Crippen LogP contribution is -2.34. The summed E-state index contributed by atoms with van der Waals surface area (Å²) >= 11 is 0. The number of amides is 1. The van der Waals surface area contributed by atoms with Crippen LogP contribution < -0.4 is 16.2 Å². The first kappa shape index (κ1) is 27.8. The fourth-order valence-electron chi connectivity index (χ4n) is 4.54. The molecular weight excluding hydrogens is 538 g/mol. The van der Waals surface area contributed by atoms with E-state index >= 15 is 0 Å². The van der Waals surface area contributed by atoms with Crippen molar-refractivity contribution in [2.75, 3.05) is 18.1 Å². The maximum atomic E-state index is 13.6. The van der Waals surface area contributed by atoms with Crippen LogP contribution in [0.5, 0.6) is 0 Å². The molecule has 1 amide bonds. The number of aromatic amines is 1. The van der Waals surface area contributed by atoms with Gasteiger partial charge in [-0.05, 0) is 42.7 Å². The highest BCUT2D eigenvalue weighted by molar-refractivity contribution is 7.91. The van der Waals surface area contributed by atoms with Gasteiger partial charge in [-0.3, -0.25) is 19.1 Å². The van der Waals surface area contributed by atoms with Crippen molar-refractivity contribution in [2.45, 2.75) is 30.8 Å². The number of pyridine rings is 1. The zero-order valence-electron chi connectivity index (χ0n) is 22.6. The van der Waals surface area contributed by atoms with E-state index in [9.17, 15) is 13.8 Å². The number of anilines is 1. The van der Waals surface area contributed by atoms with Crippen LogP contribution in [0.4, 0.5) is 5.69 Å². The van der Waals surface area contributed by atoms with Crippen molar-refractivity contribution >= 4 is 32.2 Å². The minimum Gasteiger partial charge on any atom is -0.379 e. The lowest BCUT2D eigenvalue weighted by atomic mass is 10.1. The van der Waals surface area contributed by atoms with Crippen molar-refractivity contribution in [1.82, 2.24) is 24.8 Å². The van der Waals surface area contributed by atoms with Crippen LogP contribution in [0.3, 0.4) is 0 Å². The van der Waals surface area contributed by atoms with E-state index in [1.807, 2.05) is 30.3 Å². The highest BCUT2D eigenvalue weighted by Gasteiger charge is 2.16. The molecule has 10 nitrogen and oxygen atoms in total. The molecule has 0 aliphatic carbocycles. The molecule has 1 unspecified atom stereocenters. The first-order valence-electron chi connectivity index (χ1n) is 13.2. The largest absolute Gasteiger partial charge is 0.379 e. The summed E-state index contributed by atoms with van der Waals surface area (Å²) in [5, 5.41) is 6.99. The van der Waals surface area contributed by atoms with Gasteiger partial charge < -0.3 is 15.6 Å². The van der Waals surface area contributed by atoms with Crippen molar-refractivity contribution in [3.05, 3.63) is 107 Å². The Hall–Kier alpha value is -4.77. The topological polar surface area (TPSA) is 146 Å². The van der Waals surface area contributed by atoms with Crippen molar-refractivity contribution < 1.29 is 9.00 Å². The number of nitrogens with one attached hydrogen (secondary N) is 4. The van der Waals surface area contributed by atoms with Gasteiger partial charge in [0.15, 0.2) is 0 Å². The first-order valence-corrected chi connectivity index (χ1v) is 15.1. The summed E-state index contributed by atoms with van der Waals surface area (Å²) in [5.74, 6) is -0.0525. The van der Waals surface area contributed by atoms with E-state index in [1.165, 1.54) is 22.6 Å². The molecule has 0 aliphatic heterocycles. The van der Waals surface area contributed by atoms with Crippen LogP contribution in [-0.4, -0.2) is 42.4 Å². The van der Waals surface area contributed by atoms with Crippen LogP contribution in [0.2, 0.25) is 0 Å². The predicted molar refractivity (Wildman–Crippen MR) is 160 cm³/mol. The molecule has 5 rings (SSSR count). The number of H-pyrrole nitrogens is 1. The average Bonchev–Trinajstić information content (AvgIpc) is 3.39. The normalized spacial score (nSPS) is 12.6. The minimum atomic E-state index is -2.89. The highest BCUT2D eigenvalue weighted by Crippen LogP contribution is 2.20. The van der Waals surface area contributed by atoms with Gasteiger partial charge in [0.05, 0.1) is 22.5 Å². The van der Waals surface area contributed by atoms with Crippen LogP contribution in [0.15, 0.2) is 95.0 Å². The summed E-state index contributed by atoms with van der Waals surface area (Å²) in [6.45, 7) is 0.578. The highest BCUT2D eigenvalue weighted by atomic mass is 32.2. The minimum absolute atomic E-state index is 0.243. The molecule has 3 aromatic heterocycles. The maximum absolute atomic E-state index is 13.6. The number of carbonyl (C=O) groups excluding carboxylic acids is 1. The summed E-state index contributed by atoms with van der Waals surface area (Å²) in [7, 11) is -2.89. The van der Waals surface area contributed by atoms with Crippen molar-refractivity contribution in [1.29, 1.82) is 4.78 Å². The number of hydrogen-bond acceptors (Lipinski definition) is 7. The number of hydrogen-bond donors (Lipinski definition) is 4. The molecule has 41 heavy (non-hydrogen) atoms. The zero-order valence-corrected chi connectivity index (χ0v) is 23.4. The van der Waals surface area contributed by atoms with Crippen LogP contribution >= 0.6 is 0 Å². The summed E-state index contributed by atoms with van der Waals surface area (Å²) in [4.78, 5) is 38.9. The fraction of sp³-hybridized carbons (Fsp3) is 0.200. The van der Waals surface area contributed by atoms with Gasteiger partial charge in [0.1, 0.15) is 18.1 Å². The standard InChI is InChI=1S/C30H31N7O3S/c1-41(31,40)25-11-9-22(10-12-25)29-35-19-27(33-14-5-8-21-6-3-2-4-7-21)30(39)37(29)20-28(38)34-18-24-16-23-17-32-15-13-26(23)36-24/h2-4,6-7,9-13,15-17,19,31,33,36H,5,8,14,18,20H2,1H3,(H,34,38). The predicted octanol–water partition coefficient (Wildman–Crippen LogP) is 4.18. The molecule has 0 fully saturated rings. The lowest BCUT2D eigenvalue weighted by Gasteiger charge is -2.15. The summed E-state index contributed by atoms with van der Waals surface area (Å²) in [6.07, 6.45) is 7.95. The number of nitrogens with zero attached hydrogens (tertiary/aromatic N) is 3. The lowest BCUT2D eigenvalue weighted by molar-refractivity contribution is -0.121. The van der Waals surface area contributed by atoms with Gasteiger partial charge in [0.2, 0.25) is 5.91 Å². The molecule has 0 bridgehead atoms. The van der Waals surface area contributed by atoms with Crippen molar-refractivity contribution in [3.63, 3.8) is 0 Å². The molecule has 0 aliphatic rings. The van der Waals surface area contributed by atoms with Crippen LogP contribution in [-0.2, 0) is 34.0 Å². The van der Waals surface area contributed by atoms with E-state index in [-0.39, 0.29) is 24.6 Å². The van der Waals surface area contributed by atoms with Crippen LogP contribution in [0.25, 0.3) is 22.3 Å². The van der Waals surface area contributed by atoms with Crippen LogP contribution in [0, 0.1) is 4.78 Å². The second kappa shape index (κ2) is 12.2. The summed E-state index contributed by atoms with van der Waals surface area (Å²) < 4.78 is 21.3. The molecule has 11 heteroatoms. The third-order valence-electron chi connectivity index (χ3n) is 6.66. The molecule has 0 spiro atoms. The molecule has 0 radical (unpaired) electrons. The number of aromatic nitrogens is 4. The van der Waals surface area contributed by atoms with Gasteiger partial charge in [0.25, 0.3) is 5.56 Å².